The van der Waals surface area contributed by atoms with Crippen LogP contribution < -0.4 is 0 Å². The van der Waals surface area contributed by atoms with Crippen LogP contribution in [0.1, 0.15) is 57.6 Å². The minimum Gasteiger partial charge on any atom is -0.444 e. The molecule has 0 unspecified atom stereocenters. The lowest BCUT2D eigenvalue weighted by molar-refractivity contribution is 0.0306. The number of aromatic amines is 1. The second kappa shape index (κ2) is 9.72. The van der Waals surface area contributed by atoms with Gasteiger partial charge in [0.05, 0.1) is 24.0 Å². The third-order valence-corrected chi connectivity index (χ3v) is 6.05. The number of halogens is 1. The van der Waals surface area contributed by atoms with Gasteiger partial charge in [-0.2, -0.15) is 5.10 Å². The molecule has 0 atom stereocenters. The van der Waals surface area contributed by atoms with E-state index in [9.17, 15) is 14.0 Å². The van der Waals surface area contributed by atoms with E-state index in [0.717, 1.165) is 11.0 Å². The molecule has 0 aliphatic carbocycles. The highest BCUT2D eigenvalue weighted by Crippen LogP contribution is 2.34. The van der Waals surface area contributed by atoms with E-state index in [1.165, 1.54) is 12.1 Å². The summed E-state index contributed by atoms with van der Waals surface area (Å²) in [6.07, 6.45) is 3.19. The molecule has 1 N–H and O–H groups in total. The number of aromatic nitrogens is 3. The van der Waals surface area contributed by atoms with Crippen molar-refractivity contribution in [2.75, 3.05) is 19.6 Å². The van der Waals surface area contributed by atoms with Crippen LogP contribution in [0.4, 0.5) is 9.18 Å². The van der Waals surface area contributed by atoms with Gasteiger partial charge in [-0.3, -0.25) is 9.89 Å². The summed E-state index contributed by atoms with van der Waals surface area (Å²) in [7, 11) is 0. The number of benzene rings is 1. The molecule has 3 heterocycles. The highest BCUT2D eigenvalue weighted by molar-refractivity contribution is 6.05. The van der Waals surface area contributed by atoms with Crippen molar-refractivity contribution in [3.63, 3.8) is 0 Å². The van der Waals surface area contributed by atoms with Crippen molar-refractivity contribution in [1.29, 1.82) is 0 Å². The number of nitrogens with one attached hydrogen (secondary N) is 1. The molecule has 0 fully saturated rings. The number of hydrogen-bond acceptors (Lipinski definition) is 5. The first-order valence-electron chi connectivity index (χ1n) is 12.1. The van der Waals surface area contributed by atoms with E-state index < -0.39 is 17.5 Å². The zero-order valence-corrected chi connectivity index (χ0v) is 21.6. The van der Waals surface area contributed by atoms with Crippen LogP contribution in [0, 0.1) is 5.82 Å². The maximum absolute atomic E-state index is 14.3. The molecular weight excluding hydrogens is 461 g/mol. The second-order valence-electron chi connectivity index (χ2n) is 10.2. The topological polar surface area (TPSA) is 91.4 Å². The second-order valence-corrected chi connectivity index (χ2v) is 10.2. The first-order valence-corrected chi connectivity index (χ1v) is 12.1. The van der Waals surface area contributed by atoms with Gasteiger partial charge < -0.3 is 14.5 Å². The average Bonchev–Trinajstić information content (AvgIpc) is 3.47. The quantitative estimate of drug-likeness (QED) is 0.523. The smallest absolute Gasteiger partial charge is 0.410 e. The molecule has 0 radical (unpaired) electrons. The SMILES string of the molecule is CCN(C(=O)c1cc(F)ccc1-c1cc(C2=CCN(C(=O)OC(C)(C)C)C2)nc2[nH]ncc12)C(C)C. The summed E-state index contributed by atoms with van der Waals surface area (Å²) < 4.78 is 19.8. The number of carbonyl (C=O) groups excluding carboxylic acids is 2. The number of fused-ring (bicyclic) bond motifs is 1. The van der Waals surface area contributed by atoms with Crippen LogP contribution in [-0.2, 0) is 4.74 Å². The van der Waals surface area contributed by atoms with Crippen molar-refractivity contribution < 1.29 is 18.7 Å². The van der Waals surface area contributed by atoms with E-state index in [0.29, 0.717) is 42.1 Å². The molecule has 190 valence electrons. The molecular formula is C27H32FN5O3. The van der Waals surface area contributed by atoms with Crippen molar-refractivity contribution in [2.45, 2.75) is 53.2 Å². The lowest BCUT2D eigenvalue weighted by atomic mass is 9.95. The Labute approximate surface area is 210 Å². The molecule has 1 aliphatic rings. The van der Waals surface area contributed by atoms with Crippen LogP contribution in [0.3, 0.4) is 0 Å². The van der Waals surface area contributed by atoms with Crippen LogP contribution in [0.5, 0.6) is 0 Å². The molecule has 1 aromatic carbocycles. The van der Waals surface area contributed by atoms with Crippen molar-refractivity contribution in [2.24, 2.45) is 0 Å². The molecule has 0 bridgehead atoms. The van der Waals surface area contributed by atoms with Gasteiger partial charge in [-0.05, 0) is 76.4 Å². The van der Waals surface area contributed by atoms with Gasteiger partial charge in [-0.25, -0.2) is 14.2 Å². The summed E-state index contributed by atoms with van der Waals surface area (Å²) in [5.74, 6) is -0.723. The number of pyridine rings is 1. The van der Waals surface area contributed by atoms with Crippen molar-refractivity contribution >= 4 is 28.6 Å². The Hall–Kier alpha value is -3.75. The van der Waals surface area contributed by atoms with E-state index in [1.54, 1.807) is 22.1 Å². The number of carbonyl (C=O) groups is 2. The van der Waals surface area contributed by atoms with Crippen molar-refractivity contribution in [1.82, 2.24) is 25.0 Å². The fourth-order valence-corrected chi connectivity index (χ4v) is 4.35. The lowest BCUT2D eigenvalue weighted by Gasteiger charge is -2.26. The zero-order chi connectivity index (χ0) is 26.2. The van der Waals surface area contributed by atoms with Crippen LogP contribution in [-0.4, -0.2) is 68.3 Å². The molecule has 2 amide bonds. The molecule has 36 heavy (non-hydrogen) atoms. The third-order valence-electron chi connectivity index (χ3n) is 6.05. The number of nitrogens with zero attached hydrogens (tertiary/aromatic N) is 4. The molecule has 3 aromatic rings. The Morgan fingerprint density at radius 1 is 1.22 bits per heavy atom. The van der Waals surface area contributed by atoms with Gasteiger partial charge in [0.2, 0.25) is 0 Å². The summed E-state index contributed by atoms with van der Waals surface area (Å²) >= 11 is 0. The average molecular weight is 494 g/mol. The summed E-state index contributed by atoms with van der Waals surface area (Å²) in [4.78, 5) is 34.0. The number of H-pyrrole nitrogens is 1. The number of amides is 2. The standard InChI is InChI=1S/C27H32FN5O3/c1-7-33(16(2)3)25(34)21-12-18(28)8-9-19(21)20-13-23(30-24-22(20)14-29-31-24)17-10-11-32(15-17)26(35)36-27(4,5)6/h8-10,12-14,16H,7,11,15H2,1-6H3,(H,29,30,31). The predicted molar refractivity (Wildman–Crippen MR) is 137 cm³/mol. The van der Waals surface area contributed by atoms with Gasteiger partial charge in [0, 0.05) is 24.5 Å². The first kappa shape index (κ1) is 25.3. The van der Waals surface area contributed by atoms with Crippen LogP contribution in [0.25, 0.3) is 27.7 Å². The van der Waals surface area contributed by atoms with Gasteiger partial charge >= 0.3 is 6.09 Å². The summed E-state index contributed by atoms with van der Waals surface area (Å²) in [6, 6.07) is 6.09. The molecule has 0 saturated heterocycles. The molecule has 8 nitrogen and oxygen atoms in total. The molecule has 0 saturated carbocycles. The predicted octanol–water partition coefficient (Wildman–Crippen LogP) is 5.27. The van der Waals surface area contributed by atoms with E-state index >= 15 is 0 Å². The van der Waals surface area contributed by atoms with Crippen LogP contribution in [0.2, 0.25) is 0 Å². The monoisotopic (exact) mass is 493 g/mol. The summed E-state index contributed by atoms with van der Waals surface area (Å²) in [6.45, 7) is 12.5. The number of ether oxygens (including phenoxy) is 1. The fourth-order valence-electron chi connectivity index (χ4n) is 4.35. The van der Waals surface area contributed by atoms with E-state index in [1.807, 2.05) is 53.7 Å². The lowest BCUT2D eigenvalue weighted by Crippen LogP contribution is -2.37. The van der Waals surface area contributed by atoms with Gasteiger partial charge in [-0.15, -0.1) is 0 Å². The number of hydrogen-bond donors (Lipinski definition) is 1. The molecule has 4 rings (SSSR count). The minimum absolute atomic E-state index is 0.0388. The van der Waals surface area contributed by atoms with E-state index in [2.05, 4.69) is 10.2 Å². The Kier molecular flexibility index (Phi) is 6.84. The summed E-state index contributed by atoms with van der Waals surface area (Å²) in [5, 5.41) is 7.77. The Bertz CT molecular complexity index is 1340. The minimum atomic E-state index is -0.589. The molecule has 1 aliphatic heterocycles. The van der Waals surface area contributed by atoms with Crippen LogP contribution >= 0.6 is 0 Å². The van der Waals surface area contributed by atoms with Gasteiger partial charge in [-0.1, -0.05) is 12.1 Å². The van der Waals surface area contributed by atoms with Gasteiger partial charge in [0.1, 0.15) is 11.4 Å². The normalized spacial score (nSPS) is 13.9. The van der Waals surface area contributed by atoms with Gasteiger partial charge in [0.15, 0.2) is 5.65 Å². The zero-order valence-electron chi connectivity index (χ0n) is 21.6. The van der Waals surface area contributed by atoms with Crippen molar-refractivity contribution in [3.8, 4) is 11.1 Å². The Morgan fingerprint density at radius 2 is 1.97 bits per heavy atom. The van der Waals surface area contributed by atoms with E-state index in [-0.39, 0.29) is 17.5 Å². The van der Waals surface area contributed by atoms with E-state index in [4.69, 9.17) is 9.72 Å². The molecule has 2 aromatic heterocycles. The molecule has 9 heteroatoms. The Morgan fingerprint density at radius 3 is 2.64 bits per heavy atom. The number of rotatable bonds is 5. The third kappa shape index (κ3) is 5.10. The maximum atomic E-state index is 14.3. The fraction of sp³-hybridized carbons (Fsp3) is 0.407. The summed E-state index contributed by atoms with van der Waals surface area (Å²) in [5.41, 5.74) is 3.03. The first-order chi connectivity index (χ1) is 17.0. The highest BCUT2D eigenvalue weighted by Gasteiger charge is 2.28. The maximum Gasteiger partial charge on any atom is 0.410 e. The van der Waals surface area contributed by atoms with Crippen molar-refractivity contribution in [3.05, 3.63) is 53.6 Å². The largest absolute Gasteiger partial charge is 0.444 e. The van der Waals surface area contributed by atoms with Crippen LogP contribution in [0.15, 0.2) is 36.5 Å². The molecule has 0 spiro atoms. The Balaban J connectivity index is 1.76. The highest BCUT2D eigenvalue weighted by atomic mass is 19.1. The van der Waals surface area contributed by atoms with Gasteiger partial charge in [0.25, 0.3) is 5.91 Å².